The summed E-state index contributed by atoms with van der Waals surface area (Å²) in [6.07, 6.45) is 8.55. The molecule has 288 valence electrons. The number of anilines is 4. The van der Waals surface area contributed by atoms with Gasteiger partial charge in [-0.1, -0.05) is 48.5 Å². The number of thioether (sulfide) groups is 2. The highest BCUT2D eigenvalue weighted by Crippen LogP contribution is 2.46. The van der Waals surface area contributed by atoms with E-state index in [2.05, 4.69) is 150 Å². The van der Waals surface area contributed by atoms with Crippen LogP contribution in [0.3, 0.4) is 0 Å². The van der Waals surface area contributed by atoms with Crippen LogP contribution >= 0.6 is 47.4 Å². The molecule has 0 fully saturated rings. The Morgan fingerprint density at radius 3 is 1.35 bits per heavy atom. The lowest BCUT2D eigenvalue weighted by Gasteiger charge is -2.42. The second-order valence-corrected chi connectivity index (χ2v) is 19.1. The van der Waals surface area contributed by atoms with E-state index in [1.165, 1.54) is 44.0 Å². The summed E-state index contributed by atoms with van der Waals surface area (Å²) in [6, 6.07) is 39.9. The van der Waals surface area contributed by atoms with Crippen LogP contribution in [0.5, 0.6) is 46.0 Å². The molecule has 6 aliphatic heterocycles. The largest absolute Gasteiger partial charge is 0.458 e. The minimum Gasteiger partial charge on any atom is -0.458 e. The van der Waals surface area contributed by atoms with Gasteiger partial charge in [0.15, 0.2) is 0 Å². The van der Waals surface area contributed by atoms with Crippen molar-refractivity contribution >= 4 is 139 Å². The molecule has 13 heteroatoms. The lowest BCUT2D eigenvalue weighted by Crippen LogP contribution is -2.64. The van der Waals surface area contributed by atoms with Crippen LogP contribution in [-0.2, 0) is 0 Å². The summed E-state index contributed by atoms with van der Waals surface area (Å²) in [7, 11) is 0. The zero-order valence-electron chi connectivity index (χ0n) is 33.3. The van der Waals surface area contributed by atoms with Gasteiger partial charge < -0.3 is 18.9 Å². The standard InChI is InChI=1S/C47H33B3N2O4S4/c1-24-14-35-45-41(15-24)53-37-12-8-6-10-27(37)48(45)29-20-32-40(22-33(29)51(35)59-4)55-42-17-25(57-2)16-36-46(42)50(32)30-21-31-39(23-34(30)52(36)60-5)56-44-19-26(58-3)18-43-47(44)49(31)28-11-7-9-13-38(28)54-43/h6-23H,1-5H3. The minimum atomic E-state index is -0.102. The molecule has 6 aliphatic rings. The Balaban J connectivity index is 1.08. The fraction of sp³-hybridized carbons (Fsp3) is 0.106. The van der Waals surface area contributed by atoms with Crippen LogP contribution in [0, 0.1) is 6.92 Å². The summed E-state index contributed by atoms with van der Waals surface area (Å²) < 4.78 is 32.2. The third kappa shape index (κ3) is 4.77. The molecule has 13 rings (SSSR count). The summed E-state index contributed by atoms with van der Waals surface area (Å²) in [5.41, 5.74) is 16.4. The zero-order chi connectivity index (χ0) is 40.1. The van der Waals surface area contributed by atoms with Crippen molar-refractivity contribution in [2.45, 2.75) is 16.7 Å². The van der Waals surface area contributed by atoms with Crippen LogP contribution in [0.1, 0.15) is 5.56 Å². The number of nitrogens with zero attached hydrogens (tertiary/aromatic N) is 2. The van der Waals surface area contributed by atoms with E-state index in [9.17, 15) is 0 Å². The van der Waals surface area contributed by atoms with Crippen LogP contribution in [0.2, 0.25) is 0 Å². The molecule has 0 bridgehead atoms. The van der Waals surface area contributed by atoms with E-state index in [0.717, 1.165) is 89.2 Å². The predicted molar refractivity (Wildman–Crippen MR) is 259 cm³/mol. The zero-order valence-corrected chi connectivity index (χ0v) is 36.6. The molecule has 0 amide bonds. The molecule has 0 spiro atoms. The van der Waals surface area contributed by atoms with Gasteiger partial charge in [-0.2, -0.15) is 0 Å². The van der Waals surface area contributed by atoms with E-state index >= 15 is 0 Å². The summed E-state index contributed by atoms with van der Waals surface area (Å²) in [4.78, 5) is 2.27. The first-order valence-corrected chi connectivity index (χ1v) is 24.8. The summed E-state index contributed by atoms with van der Waals surface area (Å²) in [5.74, 6) is 7.11. The molecule has 0 saturated carbocycles. The molecule has 0 N–H and O–H groups in total. The van der Waals surface area contributed by atoms with Gasteiger partial charge in [0.05, 0.1) is 22.7 Å². The molecule has 0 saturated heterocycles. The van der Waals surface area contributed by atoms with Gasteiger partial charge in [0.2, 0.25) is 0 Å². The lowest BCUT2D eigenvalue weighted by molar-refractivity contribution is 0.462. The van der Waals surface area contributed by atoms with Crippen molar-refractivity contribution < 1.29 is 18.9 Å². The molecular weight excluding hydrogens is 817 g/mol. The average molecular weight is 850 g/mol. The molecule has 0 radical (unpaired) electrons. The quantitative estimate of drug-likeness (QED) is 0.107. The maximum atomic E-state index is 7.16. The topological polar surface area (TPSA) is 43.4 Å². The van der Waals surface area contributed by atoms with E-state index in [1.807, 2.05) is 0 Å². The molecule has 7 aromatic rings. The molecule has 6 nitrogen and oxygen atoms in total. The van der Waals surface area contributed by atoms with Gasteiger partial charge >= 0.3 is 0 Å². The normalized spacial score (nSPS) is 14.7. The van der Waals surface area contributed by atoms with Gasteiger partial charge in [-0.05, 0) is 141 Å². The van der Waals surface area contributed by atoms with Crippen molar-refractivity contribution in [3.8, 4) is 46.0 Å². The van der Waals surface area contributed by atoms with E-state index in [1.54, 1.807) is 47.4 Å². The number of rotatable bonds is 4. The molecule has 7 aromatic carbocycles. The Bertz CT molecular complexity index is 3090. The van der Waals surface area contributed by atoms with Gasteiger partial charge in [0, 0.05) is 39.9 Å². The van der Waals surface area contributed by atoms with Crippen molar-refractivity contribution in [2.75, 3.05) is 33.6 Å². The first-order chi connectivity index (χ1) is 29.4. The third-order valence-electron chi connectivity index (χ3n) is 12.9. The number of hydrogen-bond donors (Lipinski definition) is 0. The fourth-order valence-electron chi connectivity index (χ4n) is 10.5. The van der Waals surface area contributed by atoms with Gasteiger partial charge in [-0.15, -0.1) is 23.5 Å². The fourth-order valence-corrected chi connectivity index (χ4v) is 12.8. The van der Waals surface area contributed by atoms with Gasteiger partial charge in [-0.3, -0.25) is 8.61 Å². The minimum absolute atomic E-state index is 0.00786. The summed E-state index contributed by atoms with van der Waals surface area (Å²) in [6.45, 7) is 1.99. The Kier molecular flexibility index (Phi) is 7.71. The number of aryl methyl sites for hydroxylation is 1. The molecule has 0 aromatic heterocycles. The summed E-state index contributed by atoms with van der Waals surface area (Å²) >= 11 is 6.88. The van der Waals surface area contributed by atoms with Crippen molar-refractivity contribution in [1.29, 1.82) is 0 Å². The molecule has 0 atom stereocenters. The first kappa shape index (κ1) is 35.7. The Morgan fingerprint density at radius 2 is 0.817 bits per heavy atom. The maximum Gasteiger partial charge on any atom is 0.260 e. The van der Waals surface area contributed by atoms with Gasteiger partial charge in [0.1, 0.15) is 46.0 Å². The SMILES string of the molecule is CSc1cc2c3c(c1)Oc1cc4c(cc1B3c1ccccc1O2)B1c2cc3c(cc2Oc2cc(SC)cc(c21)N4SC)N(SC)c1cc(C)cc2c1B3c1ccccc1O2. The van der Waals surface area contributed by atoms with Crippen LogP contribution in [0.4, 0.5) is 22.7 Å². The Labute approximate surface area is 367 Å². The third-order valence-corrected chi connectivity index (χ3v) is 15.8. The van der Waals surface area contributed by atoms with E-state index in [4.69, 9.17) is 18.9 Å². The van der Waals surface area contributed by atoms with E-state index < -0.39 is 0 Å². The molecule has 60 heavy (non-hydrogen) atoms. The Hall–Kier alpha value is -5.07. The average Bonchev–Trinajstić information content (AvgIpc) is 3.27. The van der Waals surface area contributed by atoms with E-state index in [0.29, 0.717) is 0 Å². The number of para-hydroxylation sites is 2. The Morgan fingerprint density at radius 1 is 0.383 bits per heavy atom. The molecular formula is C47H33B3N2O4S4. The highest BCUT2D eigenvalue weighted by molar-refractivity contribution is 8.00. The van der Waals surface area contributed by atoms with Crippen molar-refractivity contribution in [1.82, 2.24) is 0 Å². The van der Waals surface area contributed by atoms with Crippen LogP contribution in [-0.4, -0.2) is 45.2 Å². The molecule has 0 unspecified atom stereocenters. The van der Waals surface area contributed by atoms with Crippen molar-refractivity contribution in [3.05, 3.63) is 115 Å². The highest BCUT2D eigenvalue weighted by Gasteiger charge is 2.48. The van der Waals surface area contributed by atoms with Crippen molar-refractivity contribution in [3.63, 3.8) is 0 Å². The molecule has 0 aliphatic carbocycles. The predicted octanol–water partition coefficient (Wildman–Crippen LogP) is 6.87. The molecule has 6 heterocycles. The van der Waals surface area contributed by atoms with Gasteiger partial charge in [0.25, 0.3) is 20.1 Å². The van der Waals surface area contributed by atoms with E-state index in [-0.39, 0.29) is 20.1 Å². The van der Waals surface area contributed by atoms with Crippen LogP contribution in [0.25, 0.3) is 0 Å². The van der Waals surface area contributed by atoms with Crippen LogP contribution < -0.4 is 76.7 Å². The van der Waals surface area contributed by atoms with Crippen LogP contribution in [0.15, 0.2) is 119 Å². The van der Waals surface area contributed by atoms with Gasteiger partial charge in [-0.25, -0.2) is 0 Å². The number of ether oxygens (including phenoxy) is 4. The number of hydrogen-bond acceptors (Lipinski definition) is 10. The van der Waals surface area contributed by atoms with Crippen molar-refractivity contribution in [2.24, 2.45) is 0 Å². The first-order valence-electron chi connectivity index (χ1n) is 20.0. The number of fused-ring (bicyclic) bond motifs is 12. The second kappa shape index (κ2) is 13.0. The maximum absolute atomic E-state index is 7.16. The summed E-state index contributed by atoms with van der Waals surface area (Å²) in [5, 5.41) is 0. The second-order valence-electron chi connectivity index (χ2n) is 15.9. The highest BCUT2D eigenvalue weighted by atomic mass is 32.2. The smallest absolute Gasteiger partial charge is 0.260 e. The number of benzene rings is 7. The monoisotopic (exact) mass is 850 g/mol. The lowest BCUT2D eigenvalue weighted by atomic mass is 9.30.